The molecule has 0 amide bonds. The second kappa shape index (κ2) is 10.3. The van der Waals surface area contributed by atoms with Crippen molar-refractivity contribution in [2.24, 2.45) is 5.50 Å². The van der Waals surface area contributed by atoms with Crippen molar-refractivity contribution < 1.29 is 49.1 Å². The van der Waals surface area contributed by atoms with Crippen molar-refractivity contribution in [3.8, 4) is 0 Å². The smallest absolute Gasteiger partial charge is 0.397 e. The maximum Gasteiger partial charge on any atom is 0.397 e. The molecule has 1 saturated heterocycles. The maximum absolute atomic E-state index is 11.9. The number of imidazole rings is 1. The normalized spacial score (nSPS) is 21.6. The van der Waals surface area contributed by atoms with Crippen LogP contribution in [-0.4, -0.2) is 98.1 Å². The number of carboxylic acids is 2. The third kappa shape index (κ3) is 7.27. The van der Waals surface area contributed by atoms with Crippen LogP contribution in [0.2, 0.25) is 0 Å². The number of aromatic amines is 1. The van der Waals surface area contributed by atoms with Crippen molar-refractivity contribution in [3.05, 3.63) is 16.7 Å². The summed E-state index contributed by atoms with van der Waals surface area (Å²) in [6, 6.07) is 0. The van der Waals surface area contributed by atoms with Crippen LogP contribution in [0.1, 0.15) is 12.6 Å². The first-order chi connectivity index (χ1) is 15.2. The summed E-state index contributed by atoms with van der Waals surface area (Å²) in [4.78, 5) is 59.5. The summed E-state index contributed by atoms with van der Waals surface area (Å²) in [5, 5.41) is 38.5. The van der Waals surface area contributed by atoms with Gasteiger partial charge in [-0.05, 0) is 0 Å². The fourth-order valence-corrected chi connectivity index (χ4v) is 3.07. The van der Waals surface area contributed by atoms with Gasteiger partial charge in [-0.2, -0.15) is 4.98 Å². The van der Waals surface area contributed by atoms with Crippen LogP contribution in [0.15, 0.2) is 11.1 Å². The van der Waals surface area contributed by atoms with Crippen LogP contribution in [0.4, 0.5) is 5.95 Å². The SMILES string of the molecule is NP(=O)(O)O.Nc1nc2c(ncn2[C@H]2C[C@H](O)[C@@H](C(O)N(CC(=O)O)CC(=O)O)O2)c(=O)[nH]1. The Morgan fingerprint density at radius 2 is 1.88 bits per heavy atom. The fourth-order valence-electron chi connectivity index (χ4n) is 3.07. The van der Waals surface area contributed by atoms with E-state index in [9.17, 15) is 24.6 Å². The first-order valence-corrected chi connectivity index (χ1v) is 10.6. The quantitative estimate of drug-likeness (QED) is 0.131. The van der Waals surface area contributed by atoms with E-state index in [1.807, 2.05) is 0 Å². The van der Waals surface area contributed by atoms with Crippen LogP contribution in [0.25, 0.3) is 11.2 Å². The van der Waals surface area contributed by atoms with Crippen LogP contribution in [0.5, 0.6) is 0 Å². The molecule has 0 radical (unpaired) electrons. The van der Waals surface area contributed by atoms with Gasteiger partial charge in [0.1, 0.15) is 18.6 Å². The molecule has 1 unspecified atom stereocenters. The lowest BCUT2D eigenvalue weighted by Crippen LogP contribution is -2.51. The van der Waals surface area contributed by atoms with Crippen LogP contribution in [-0.2, 0) is 18.9 Å². The van der Waals surface area contributed by atoms with E-state index in [1.165, 1.54) is 10.9 Å². The lowest BCUT2D eigenvalue weighted by Gasteiger charge is -2.30. The van der Waals surface area contributed by atoms with E-state index in [0.29, 0.717) is 0 Å². The summed E-state index contributed by atoms with van der Waals surface area (Å²) in [7, 11) is -4.14. The van der Waals surface area contributed by atoms with Crippen LogP contribution in [0.3, 0.4) is 0 Å². The highest BCUT2D eigenvalue weighted by molar-refractivity contribution is 7.49. The third-order valence-electron chi connectivity index (χ3n) is 4.24. The molecule has 18 nitrogen and oxygen atoms in total. The number of nitrogens with one attached hydrogen (secondary N) is 1. The van der Waals surface area contributed by atoms with Gasteiger partial charge in [0.2, 0.25) is 5.95 Å². The number of anilines is 1. The lowest BCUT2D eigenvalue weighted by atomic mass is 10.1. The summed E-state index contributed by atoms with van der Waals surface area (Å²) in [6.45, 7) is -1.54. The number of nitrogen functional groups attached to an aromatic ring is 1. The molecule has 0 spiro atoms. The molecule has 0 aromatic carbocycles. The average molecular weight is 495 g/mol. The van der Waals surface area contributed by atoms with Crippen molar-refractivity contribution in [2.75, 3.05) is 18.8 Å². The minimum Gasteiger partial charge on any atom is -0.480 e. The zero-order valence-electron chi connectivity index (χ0n) is 16.6. The first-order valence-electron chi connectivity index (χ1n) is 8.93. The van der Waals surface area contributed by atoms with E-state index in [1.54, 1.807) is 0 Å². The Labute approximate surface area is 183 Å². The number of fused-ring (bicyclic) bond motifs is 1. The number of hydrogen-bond donors (Lipinski definition) is 9. The van der Waals surface area contributed by atoms with Crippen LogP contribution >= 0.6 is 7.75 Å². The molecule has 2 aromatic heterocycles. The standard InChI is InChI=1S/C14H18N6O8.H4NO3P/c15-14-17-11-9(12(26)18-14)16-4-20(11)6-1-5(21)10(28-6)13(27)19(2-7(22)23)3-8(24)25;1-5(2,3)4/h4-6,10,13,21,27H,1-3H2,(H,22,23)(H,24,25)(H3,15,17,18,26);(H4,1,2,3,4)/t5-,6+,10-,13?;/m0./s1. The molecule has 33 heavy (non-hydrogen) atoms. The highest BCUT2D eigenvalue weighted by Crippen LogP contribution is 2.32. The number of aromatic nitrogens is 4. The summed E-state index contributed by atoms with van der Waals surface area (Å²) in [5.41, 5.74) is 9.08. The predicted octanol–water partition coefficient (Wildman–Crippen LogP) is -3.82. The molecule has 3 heterocycles. The van der Waals surface area contributed by atoms with E-state index in [2.05, 4.69) is 20.5 Å². The van der Waals surface area contributed by atoms with E-state index in [4.69, 9.17) is 35.0 Å². The topological polar surface area (TPSA) is 301 Å². The molecular weight excluding hydrogens is 473 g/mol. The number of H-pyrrole nitrogens is 1. The Morgan fingerprint density at radius 1 is 1.33 bits per heavy atom. The number of aliphatic carboxylic acids is 2. The Hall–Kier alpha value is -2.96. The van der Waals surface area contributed by atoms with Crippen molar-refractivity contribution in [1.82, 2.24) is 24.4 Å². The number of carboxylic acid groups (broad SMARTS) is 2. The van der Waals surface area contributed by atoms with E-state index in [-0.39, 0.29) is 23.5 Å². The van der Waals surface area contributed by atoms with Crippen molar-refractivity contribution in [1.29, 1.82) is 0 Å². The monoisotopic (exact) mass is 495 g/mol. The van der Waals surface area contributed by atoms with Gasteiger partial charge < -0.3 is 40.7 Å². The second-order valence-electron chi connectivity index (χ2n) is 6.83. The van der Waals surface area contributed by atoms with Gasteiger partial charge >= 0.3 is 19.7 Å². The van der Waals surface area contributed by atoms with Crippen LogP contribution < -0.4 is 16.8 Å². The molecule has 2 aromatic rings. The fraction of sp³-hybridized carbons (Fsp3) is 0.500. The van der Waals surface area contributed by atoms with Gasteiger partial charge in [0, 0.05) is 6.42 Å². The lowest BCUT2D eigenvalue weighted by molar-refractivity contribution is -0.163. The zero-order chi connectivity index (χ0) is 25.1. The van der Waals surface area contributed by atoms with E-state index >= 15 is 0 Å². The van der Waals surface area contributed by atoms with Gasteiger partial charge in [-0.25, -0.2) is 15.1 Å². The van der Waals surface area contributed by atoms with Gasteiger partial charge in [-0.15, -0.1) is 0 Å². The highest BCUT2D eigenvalue weighted by Gasteiger charge is 2.43. The molecule has 0 aliphatic carbocycles. The summed E-state index contributed by atoms with van der Waals surface area (Å²) < 4.78 is 16.1. The van der Waals surface area contributed by atoms with E-state index < -0.39 is 63.0 Å². The van der Waals surface area contributed by atoms with E-state index in [0.717, 1.165) is 4.90 Å². The number of hydrogen-bond acceptors (Lipinski definition) is 11. The molecule has 1 fully saturated rings. The number of aliphatic hydroxyl groups is 2. The van der Waals surface area contributed by atoms with Gasteiger partial charge in [-0.3, -0.25) is 28.8 Å². The van der Waals surface area contributed by atoms with Gasteiger partial charge in [-0.1, -0.05) is 0 Å². The number of nitrogens with two attached hydrogens (primary N) is 2. The maximum atomic E-state index is 11.9. The molecule has 1 aliphatic rings. The Bertz CT molecular complexity index is 1090. The molecule has 1 aliphatic heterocycles. The predicted molar refractivity (Wildman–Crippen MR) is 106 cm³/mol. The van der Waals surface area contributed by atoms with Gasteiger partial charge in [0.25, 0.3) is 5.56 Å². The minimum absolute atomic E-state index is 0.00494. The minimum atomic E-state index is -4.14. The molecule has 11 N–H and O–H groups in total. The molecular formula is C14H22N7O11P. The Morgan fingerprint density at radius 3 is 2.39 bits per heavy atom. The molecule has 0 saturated carbocycles. The van der Waals surface area contributed by atoms with Crippen molar-refractivity contribution >= 4 is 36.8 Å². The van der Waals surface area contributed by atoms with Crippen molar-refractivity contribution in [2.45, 2.75) is 31.1 Å². The number of aliphatic hydroxyl groups excluding tert-OH is 2. The molecule has 4 atom stereocenters. The van der Waals surface area contributed by atoms with Crippen LogP contribution in [0, 0.1) is 0 Å². The second-order valence-corrected chi connectivity index (χ2v) is 8.01. The molecule has 0 bridgehead atoms. The highest BCUT2D eigenvalue weighted by atomic mass is 31.2. The summed E-state index contributed by atoms with van der Waals surface area (Å²) in [6.07, 6.45) is -3.95. The number of carbonyl (C=O) groups is 2. The first kappa shape index (κ1) is 26.3. The van der Waals surface area contributed by atoms with Gasteiger partial charge in [0.15, 0.2) is 11.2 Å². The zero-order valence-corrected chi connectivity index (χ0v) is 17.5. The summed E-state index contributed by atoms with van der Waals surface area (Å²) >= 11 is 0. The third-order valence-corrected chi connectivity index (χ3v) is 4.24. The Kier molecular flexibility index (Phi) is 8.22. The average Bonchev–Trinajstić information content (AvgIpc) is 3.21. The summed E-state index contributed by atoms with van der Waals surface area (Å²) in [5.74, 6) is -2.86. The molecule has 3 rings (SSSR count). The number of rotatable bonds is 7. The molecule has 19 heteroatoms. The number of ether oxygens (including phenoxy) is 1. The Balaban J connectivity index is 0.000000696. The van der Waals surface area contributed by atoms with Crippen molar-refractivity contribution in [3.63, 3.8) is 0 Å². The molecule has 184 valence electrons. The van der Waals surface area contributed by atoms with Gasteiger partial charge in [0.05, 0.1) is 25.5 Å². The number of nitrogens with zero attached hydrogens (tertiary/aromatic N) is 4. The largest absolute Gasteiger partial charge is 0.480 e.